The van der Waals surface area contributed by atoms with Crippen molar-refractivity contribution in [3.05, 3.63) is 48.3 Å². The molecule has 2 rings (SSSR count). The van der Waals surface area contributed by atoms with Crippen molar-refractivity contribution < 1.29 is 9.53 Å². The van der Waals surface area contributed by atoms with Crippen LogP contribution in [0.1, 0.15) is 5.56 Å². The first-order chi connectivity index (χ1) is 8.81. The van der Waals surface area contributed by atoms with Crippen LogP contribution >= 0.6 is 0 Å². The van der Waals surface area contributed by atoms with E-state index in [-0.39, 0.29) is 5.97 Å². The van der Waals surface area contributed by atoms with Gasteiger partial charge < -0.3 is 15.0 Å². The summed E-state index contributed by atoms with van der Waals surface area (Å²) >= 11 is 0. The van der Waals surface area contributed by atoms with Crippen molar-refractivity contribution in [3.63, 3.8) is 0 Å². The summed E-state index contributed by atoms with van der Waals surface area (Å²) in [5.41, 5.74) is 2.42. The molecule has 4 nitrogen and oxygen atoms in total. The van der Waals surface area contributed by atoms with Crippen molar-refractivity contribution in [1.82, 2.24) is 10.3 Å². The number of nitrogens with one attached hydrogen (secondary N) is 2. The van der Waals surface area contributed by atoms with Crippen LogP contribution in [0.25, 0.3) is 10.9 Å². The number of carbonyl (C=O) groups excluding carboxylic acids is 1. The van der Waals surface area contributed by atoms with Gasteiger partial charge in [0.2, 0.25) is 0 Å². The highest BCUT2D eigenvalue weighted by Gasteiger charge is 2.01. The van der Waals surface area contributed by atoms with Crippen LogP contribution in [0, 0.1) is 0 Å². The molecule has 0 saturated heterocycles. The van der Waals surface area contributed by atoms with Crippen LogP contribution in [0.15, 0.2) is 42.7 Å². The number of carbonyl (C=O) groups is 1. The maximum Gasteiger partial charge on any atom is 0.331 e. The first-order valence-corrected chi connectivity index (χ1v) is 5.84. The molecule has 0 amide bonds. The van der Waals surface area contributed by atoms with E-state index < -0.39 is 0 Å². The number of H-pyrrole nitrogens is 1. The molecular formula is C14H16N2O2. The molecule has 0 aliphatic heterocycles. The monoisotopic (exact) mass is 244 g/mol. The quantitative estimate of drug-likeness (QED) is 0.480. The second-order valence-electron chi connectivity index (χ2n) is 3.92. The maximum atomic E-state index is 10.8. The highest BCUT2D eigenvalue weighted by Crippen LogP contribution is 2.17. The fourth-order valence-electron chi connectivity index (χ4n) is 1.82. The summed E-state index contributed by atoms with van der Waals surface area (Å²) in [6, 6.07) is 8.21. The second kappa shape index (κ2) is 5.91. The Bertz CT molecular complexity index is 558. The molecule has 0 radical (unpaired) electrons. The van der Waals surface area contributed by atoms with E-state index in [2.05, 4.69) is 27.2 Å². The van der Waals surface area contributed by atoms with Crippen molar-refractivity contribution >= 4 is 16.9 Å². The van der Waals surface area contributed by atoms with Crippen LogP contribution in [0.2, 0.25) is 0 Å². The Labute approximate surface area is 106 Å². The summed E-state index contributed by atoms with van der Waals surface area (Å²) in [4.78, 5) is 14.1. The van der Waals surface area contributed by atoms with Gasteiger partial charge in [-0.3, -0.25) is 0 Å². The fraction of sp³-hybridized carbons (Fsp3) is 0.214. The Morgan fingerprint density at radius 1 is 1.44 bits per heavy atom. The van der Waals surface area contributed by atoms with Gasteiger partial charge in [-0.15, -0.1) is 0 Å². The van der Waals surface area contributed by atoms with Gasteiger partial charge in [0.15, 0.2) is 0 Å². The van der Waals surface area contributed by atoms with Crippen molar-refractivity contribution in [3.8, 4) is 0 Å². The van der Waals surface area contributed by atoms with E-state index in [4.69, 9.17) is 0 Å². The number of para-hydroxylation sites is 1. The van der Waals surface area contributed by atoms with E-state index in [1.165, 1.54) is 24.1 Å². The zero-order valence-corrected chi connectivity index (χ0v) is 10.3. The van der Waals surface area contributed by atoms with E-state index in [0.717, 1.165) is 18.5 Å². The minimum Gasteiger partial charge on any atom is -0.466 e. The summed E-state index contributed by atoms with van der Waals surface area (Å²) in [5, 5.41) is 4.30. The van der Waals surface area contributed by atoms with Crippen molar-refractivity contribution in [2.24, 2.45) is 0 Å². The van der Waals surface area contributed by atoms with Crippen molar-refractivity contribution in [1.29, 1.82) is 0 Å². The van der Waals surface area contributed by atoms with Gasteiger partial charge in [0.25, 0.3) is 0 Å². The molecule has 0 aliphatic rings. The minimum absolute atomic E-state index is 0.352. The average Bonchev–Trinajstić information content (AvgIpc) is 2.81. The van der Waals surface area contributed by atoms with Gasteiger partial charge in [0.05, 0.1) is 7.11 Å². The molecule has 0 fully saturated rings. The van der Waals surface area contributed by atoms with Crippen molar-refractivity contribution in [2.75, 3.05) is 13.7 Å². The third-order valence-electron chi connectivity index (χ3n) is 2.75. The number of hydrogen-bond acceptors (Lipinski definition) is 3. The minimum atomic E-state index is -0.352. The molecule has 0 bridgehead atoms. The van der Waals surface area contributed by atoms with Crippen LogP contribution in [-0.4, -0.2) is 24.6 Å². The summed E-state index contributed by atoms with van der Waals surface area (Å²) in [5.74, 6) is -0.352. The van der Waals surface area contributed by atoms with E-state index in [1.54, 1.807) is 6.20 Å². The first kappa shape index (κ1) is 12.2. The molecule has 4 heteroatoms. The number of aromatic amines is 1. The Balaban J connectivity index is 1.87. The first-order valence-electron chi connectivity index (χ1n) is 5.84. The SMILES string of the molecule is COC(=O)/C=C/NCCc1c[nH]c2ccccc12. The number of esters is 1. The molecule has 0 atom stereocenters. The molecule has 0 spiro atoms. The fourth-order valence-corrected chi connectivity index (χ4v) is 1.82. The second-order valence-corrected chi connectivity index (χ2v) is 3.92. The molecule has 18 heavy (non-hydrogen) atoms. The molecule has 1 aromatic carbocycles. The summed E-state index contributed by atoms with van der Waals surface area (Å²) in [6.45, 7) is 0.773. The van der Waals surface area contributed by atoms with E-state index >= 15 is 0 Å². The number of rotatable bonds is 5. The molecule has 0 unspecified atom stereocenters. The zero-order chi connectivity index (χ0) is 12.8. The lowest BCUT2D eigenvalue weighted by Gasteiger charge is -2.00. The molecule has 94 valence electrons. The lowest BCUT2D eigenvalue weighted by molar-refractivity contribution is -0.134. The normalized spacial score (nSPS) is 10.9. The highest BCUT2D eigenvalue weighted by atomic mass is 16.5. The van der Waals surface area contributed by atoms with Gasteiger partial charge in [-0.25, -0.2) is 4.79 Å². The van der Waals surface area contributed by atoms with Gasteiger partial charge in [-0.05, 0) is 18.1 Å². The van der Waals surface area contributed by atoms with Crippen LogP contribution in [0.5, 0.6) is 0 Å². The summed E-state index contributed by atoms with van der Waals surface area (Å²) in [6.07, 6.45) is 5.90. The third-order valence-corrected chi connectivity index (χ3v) is 2.75. The lowest BCUT2D eigenvalue weighted by atomic mass is 10.1. The van der Waals surface area contributed by atoms with Crippen LogP contribution in [-0.2, 0) is 16.0 Å². The predicted molar refractivity (Wildman–Crippen MR) is 71.2 cm³/mol. The van der Waals surface area contributed by atoms with Gasteiger partial charge in [-0.2, -0.15) is 0 Å². The highest BCUT2D eigenvalue weighted by molar-refractivity contribution is 5.83. The van der Waals surface area contributed by atoms with Crippen LogP contribution < -0.4 is 5.32 Å². The van der Waals surface area contributed by atoms with Gasteiger partial charge >= 0.3 is 5.97 Å². The largest absolute Gasteiger partial charge is 0.466 e. The van der Waals surface area contributed by atoms with E-state index in [9.17, 15) is 4.79 Å². The average molecular weight is 244 g/mol. The number of fused-ring (bicyclic) bond motifs is 1. The predicted octanol–water partition coefficient (Wildman–Crippen LogP) is 1.99. The van der Waals surface area contributed by atoms with Crippen molar-refractivity contribution in [2.45, 2.75) is 6.42 Å². The number of hydrogen-bond donors (Lipinski definition) is 2. The Morgan fingerprint density at radius 3 is 3.11 bits per heavy atom. The lowest BCUT2D eigenvalue weighted by Crippen LogP contribution is -2.10. The molecule has 1 heterocycles. The number of aromatic nitrogens is 1. The number of ether oxygens (including phenoxy) is 1. The molecule has 1 aromatic heterocycles. The van der Waals surface area contributed by atoms with Crippen LogP contribution in [0.3, 0.4) is 0 Å². The number of benzene rings is 1. The number of methoxy groups -OCH3 is 1. The summed E-state index contributed by atoms with van der Waals surface area (Å²) < 4.78 is 4.49. The molecule has 0 saturated carbocycles. The standard InChI is InChI=1S/C14H16N2O2/c1-18-14(17)7-9-15-8-6-11-10-16-13-5-3-2-4-12(11)13/h2-5,7,9-10,15-16H,6,8H2,1H3/b9-7+. The zero-order valence-electron chi connectivity index (χ0n) is 10.3. The Morgan fingerprint density at radius 2 is 2.28 bits per heavy atom. The molecule has 0 aliphatic carbocycles. The van der Waals surface area contributed by atoms with Gasteiger partial charge in [0, 0.05) is 35.9 Å². The Hall–Kier alpha value is -2.23. The summed E-state index contributed by atoms with van der Waals surface area (Å²) in [7, 11) is 1.36. The topological polar surface area (TPSA) is 54.1 Å². The van der Waals surface area contributed by atoms with Gasteiger partial charge in [0.1, 0.15) is 0 Å². The van der Waals surface area contributed by atoms with E-state index in [0.29, 0.717) is 0 Å². The van der Waals surface area contributed by atoms with E-state index in [1.807, 2.05) is 18.3 Å². The van der Waals surface area contributed by atoms with Crippen LogP contribution in [0.4, 0.5) is 0 Å². The molecular weight excluding hydrogens is 228 g/mol. The Kier molecular flexibility index (Phi) is 4.02. The third kappa shape index (κ3) is 2.91. The maximum absolute atomic E-state index is 10.8. The molecule has 2 N–H and O–H groups in total. The van der Waals surface area contributed by atoms with Gasteiger partial charge in [-0.1, -0.05) is 18.2 Å². The molecule has 2 aromatic rings. The smallest absolute Gasteiger partial charge is 0.331 e.